The van der Waals surface area contributed by atoms with Crippen molar-refractivity contribution in [1.29, 1.82) is 0 Å². The van der Waals surface area contributed by atoms with Crippen molar-refractivity contribution in [1.82, 2.24) is 0 Å². The number of rotatable bonds is 8. The Hall–Kier alpha value is -5.90. The van der Waals surface area contributed by atoms with Gasteiger partial charge in [0.15, 0.2) is 0 Å². The van der Waals surface area contributed by atoms with Gasteiger partial charge in [-0.3, -0.25) is 0 Å². The molecule has 9 rings (SSSR count). The maximum atomic E-state index is 2.49. The number of hydrogen-bond acceptors (Lipinski definition) is 1. The van der Waals surface area contributed by atoms with E-state index in [9.17, 15) is 0 Å². The Balaban J connectivity index is 1.32. The molecule has 0 aliphatic rings. The van der Waals surface area contributed by atoms with Crippen LogP contribution in [0.2, 0.25) is 19.6 Å². The second-order valence-electron chi connectivity index (χ2n) is 15.8. The van der Waals surface area contributed by atoms with Crippen LogP contribution >= 0.6 is 0 Å². The van der Waals surface area contributed by atoms with Gasteiger partial charge in [0.1, 0.15) is 0 Å². The van der Waals surface area contributed by atoms with Crippen LogP contribution in [0.3, 0.4) is 0 Å². The fourth-order valence-electron chi connectivity index (χ4n) is 8.63. The summed E-state index contributed by atoms with van der Waals surface area (Å²) in [6.07, 6.45) is 0. The third-order valence-electron chi connectivity index (χ3n) is 11.4. The summed E-state index contributed by atoms with van der Waals surface area (Å²) < 4.78 is 0. The first-order valence-electron chi connectivity index (χ1n) is 19.1. The van der Waals surface area contributed by atoms with Crippen molar-refractivity contribution in [3.05, 3.63) is 187 Å². The molecule has 1 nitrogen and oxygen atoms in total. The normalized spacial score (nSPS) is 11.8. The minimum Gasteiger partial charge on any atom is -0.309 e. The Morgan fingerprint density at radius 2 is 0.963 bits per heavy atom. The van der Waals surface area contributed by atoms with Gasteiger partial charge in [0.2, 0.25) is 6.71 Å². The van der Waals surface area contributed by atoms with Crippen LogP contribution in [0.15, 0.2) is 176 Å². The van der Waals surface area contributed by atoms with Gasteiger partial charge < -0.3 is 4.90 Å². The van der Waals surface area contributed by atoms with Gasteiger partial charge in [-0.15, -0.1) is 0 Å². The summed E-state index contributed by atoms with van der Waals surface area (Å²) in [7, 11) is -1.49. The van der Waals surface area contributed by atoms with E-state index in [1.807, 2.05) is 0 Å². The topological polar surface area (TPSA) is 3.24 Å². The molecule has 0 aliphatic carbocycles. The molecule has 0 N–H and O–H groups in total. The van der Waals surface area contributed by atoms with Crippen LogP contribution in [0.5, 0.6) is 0 Å². The molecule has 0 aliphatic heterocycles. The van der Waals surface area contributed by atoms with Crippen LogP contribution in [0.25, 0.3) is 43.4 Å². The SMILES string of the molecule is Cc1ccccc1B(c1ccccc1C)c1ccc2ccc3c(N(c4ccc([Si](C)(C)C)cc4)c4ccccc4-c4ccccc4)ccc4ccc1c2c43. The van der Waals surface area contributed by atoms with E-state index < -0.39 is 8.07 Å². The minimum atomic E-state index is -1.49. The summed E-state index contributed by atoms with van der Waals surface area (Å²) in [5.41, 5.74) is 12.6. The molecule has 0 bridgehead atoms. The van der Waals surface area contributed by atoms with E-state index >= 15 is 0 Å². The van der Waals surface area contributed by atoms with Crippen molar-refractivity contribution < 1.29 is 0 Å². The predicted molar refractivity (Wildman–Crippen MR) is 240 cm³/mol. The highest BCUT2D eigenvalue weighted by Crippen LogP contribution is 2.46. The van der Waals surface area contributed by atoms with Gasteiger partial charge in [0, 0.05) is 16.6 Å². The highest BCUT2D eigenvalue weighted by Gasteiger charge is 2.28. The second kappa shape index (κ2) is 13.5. The van der Waals surface area contributed by atoms with E-state index in [1.165, 1.54) is 87.5 Å². The molecule has 9 aromatic carbocycles. The van der Waals surface area contributed by atoms with Gasteiger partial charge in [0.25, 0.3) is 0 Å². The zero-order valence-electron chi connectivity index (χ0n) is 31.8. The van der Waals surface area contributed by atoms with E-state index in [0.717, 1.165) is 5.69 Å². The van der Waals surface area contributed by atoms with E-state index in [4.69, 9.17) is 0 Å². The number of para-hydroxylation sites is 1. The first-order chi connectivity index (χ1) is 26.3. The van der Waals surface area contributed by atoms with Crippen LogP contribution in [-0.4, -0.2) is 14.8 Å². The quantitative estimate of drug-likeness (QED) is 0.112. The van der Waals surface area contributed by atoms with E-state index in [-0.39, 0.29) is 6.71 Å². The molecular weight excluding hydrogens is 665 g/mol. The largest absolute Gasteiger partial charge is 0.309 e. The maximum absolute atomic E-state index is 2.49. The Bertz CT molecular complexity index is 2740. The molecule has 0 atom stereocenters. The summed E-state index contributed by atoms with van der Waals surface area (Å²) >= 11 is 0. The fraction of sp³-hybridized carbons (Fsp3) is 0.0980. The average Bonchev–Trinajstić information content (AvgIpc) is 3.20. The molecule has 0 fully saturated rings. The maximum Gasteiger partial charge on any atom is 0.242 e. The molecule has 0 saturated heterocycles. The van der Waals surface area contributed by atoms with Crippen LogP contribution in [-0.2, 0) is 0 Å². The Morgan fingerprint density at radius 1 is 0.426 bits per heavy atom. The summed E-state index contributed by atoms with van der Waals surface area (Å²) in [5, 5.41) is 9.21. The molecule has 0 spiro atoms. The molecule has 0 saturated carbocycles. The van der Waals surface area contributed by atoms with Gasteiger partial charge in [-0.1, -0.05) is 204 Å². The van der Waals surface area contributed by atoms with Crippen LogP contribution in [0.4, 0.5) is 17.1 Å². The van der Waals surface area contributed by atoms with Crippen LogP contribution in [0, 0.1) is 13.8 Å². The Labute approximate surface area is 321 Å². The van der Waals surface area contributed by atoms with Gasteiger partial charge in [0.05, 0.1) is 19.4 Å². The highest BCUT2D eigenvalue weighted by molar-refractivity contribution is 6.97. The molecular formula is C51H44BNSi. The smallest absolute Gasteiger partial charge is 0.242 e. The average molecular weight is 710 g/mol. The molecule has 0 unspecified atom stereocenters. The van der Waals surface area contributed by atoms with Crippen LogP contribution < -0.4 is 26.5 Å². The summed E-state index contributed by atoms with van der Waals surface area (Å²) in [5.74, 6) is 0. The van der Waals surface area contributed by atoms with Gasteiger partial charge >= 0.3 is 0 Å². The monoisotopic (exact) mass is 709 g/mol. The number of benzene rings is 9. The molecule has 0 radical (unpaired) electrons. The number of aryl methyl sites for hydroxylation is 2. The van der Waals surface area contributed by atoms with Crippen molar-refractivity contribution in [2.75, 3.05) is 4.90 Å². The lowest BCUT2D eigenvalue weighted by Gasteiger charge is -2.30. The third-order valence-corrected chi connectivity index (χ3v) is 13.5. The number of nitrogens with zero attached hydrogens (tertiary/aromatic N) is 1. The van der Waals surface area contributed by atoms with Crippen molar-refractivity contribution in [2.24, 2.45) is 0 Å². The van der Waals surface area contributed by atoms with Crippen molar-refractivity contribution in [2.45, 2.75) is 33.5 Å². The first kappa shape index (κ1) is 33.9. The van der Waals surface area contributed by atoms with Crippen molar-refractivity contribution >= 4 is 85.7 Å². The predicted octanol–water partition coefficient (Wildman–Crippen LogP) is 11.4. The Morgan fingerprint density at radius 3 is 1.61 bits per heavy atom. The van der Waals surface area contributed by atoms with Crippen LogP contribution in [0.1, 0.15) is 11.1 Å². The fourth-order valence-corrected chi connectivity index (χ4v) is 9.79. The molecule has 9 aromatic rings. The minimum absolute atomic E-state index is 0.107. The second-order valence-corrected chi connectivity index (χ2v) is 20.9. The summed E-state index contributed by atoms with van der Waals surface area (Å²) in [6, 6.07) is 65.7. The third kappa shape index (κ3) is 5.81. The Kier molecular flexibility index (Phi) is 8.48. The lowest BCUT2D eigenvalue weighted by molar-refractivity contribution is 1.30. The highest BCUT2D eigenvalue weighted by atomic mass is 28.3. The van der Waals surface area contributed by atoms with E-state index in [0.29, 0.717) is 0 Å². The summed E-state index contributed by atoms with van der Waals surface area (Å²) in [6.45, 7) is 11.9. The van der Waals surface area contributed by atoms with Gasteiger partial charge in [-0.05, 0) is 70.6 Å². The first-order valence-corrected chi connectivity index (χ1v) is 22.6. The van der Waals surface area contributed by atoms with Gasteiger partial charge in [-0.2, -0.15) is 0 Å². The zero-order valence-corrected chi connectivity index (χ0v) is 32.8. The van der Waals surface area contributed by atoms with E-state index in [1.54, 1.807) is 0 Å². The molecule has 0 amide bonds. The summed E-state index contributed by atoms with van der Waals surface area (Å²) in [4.78, 5) is 2.49. The molecule has 260 valence electrons. The zero-order chi connectivity index (χ0) is 37.0. The number of hydrogen-bond donors (Lipinski definition) is 0. The number of anilines is 3. The lowest BCUT2D eigenvalue weighted by atomic mass is 9.35. The molecule has 0 heterocycles. The molecule has 3 heteroatoms. The standard InChI is InChI=1S/C51H44BNSi/c1-35-15-9-12-20-45(35)52(46-21-13-10-16-36(46)2)47-33-25-38-24-32-44-49(34-26-39-23-31-43(47)50(38)51(39)44)53(40-27-29-41(30-28-40)54(3,4)5)48-22-14-11-19-42(48)37-17-7-6-8-18-37/h6-34H,1-5H3. The van der Waals surface area contributed by atoms with Crippen molar-refractivity contribution in [3.63, 3.8) is 0 Å². The van der Waals surface area contributed by atoms with Crippen molar-refractivity contribution in [3.8, 4) is 11.1 Å². The van der Waals surface area contributed by atoms with Gasteiger partial charge in [-0.25, -0.2) is 0 Å². The lowest BCUT2D eigenvalue weighted by Crippen LogP contribution is -2.54. The van der Waals surface area contributed by atoms with E-state index in [2.05, 4.69) is 214 Å². The molecule has 0 aromatic heterocycles. The molecule has 54 heavy (non-hydrogen) atoms.